The van der Waals surface area contributed by atoms with Gasteiger partial charge in [-0.05, 0) is 62.0 Å². The normalized spacial score (nSPS) is 11.6. The molecule has 0 aliphatic heterocycles. The Hall–Kier alpha value is -1.60. The van der Waals surface area contributed by atoms with Crippen LogP contribution < -0.4 is 4.90 Å². The van der Waals surface area contributed by atoms with Crippen molar-refractivity contribution in [1.29, 1.82) is 0 Å². The van der Waals surface area contributed by atoms with Crippen LogP contribution in [0.3, 0.4) is 0 Å². The molecule has 0 aliphatic rings. The fourth-order valence-electron chi connectivity index (χ4n) is 3.43. The van der Waals surface area contributed by atoms with Gasteiger partial charge in [0.15, 0.2) is 5.13 Å². The summed E-state index contributed by atoms with van der Waals surface area (Å²) in [5.74, 6) is -0.0175. The average Bonchev–Trinajstić information content (AvgIpc) is 3.15. The predicted molar refractivity (Wildman–Crippen MR) is 136 cm³/mol. The fourth-order valence-corrected chi connectivity index (χ4v) is 5.71. The van der Waals surface area contributed by atoms with Gasteiger partial charge in [-0.15, -0.1) is 11.8 Å². The first-order valence-corrected chi connectivity index (χ1v) is 12.8. The molecule has 0 bridgehead atoms. The van der Waals surface area contributed by atoms with E-state index in [2.05, 4.69) is 32.6 Å². The van der Waals surface area contributed by atoms with E-state index in [1.54, 1.807) is 11.8 Å². The molecule has 7 heteroatoms. The number of fused-ring (bicyclic) bond motifs is 1. The summed E-state index contributed by atoms with van der Waals surface area (Å²) < 4.78 is 1.00. The zero-order valence-corrected chi connectivity index (χ0v) is 21.2. The van der Waals surface area contributed by atoms with Gasteiger partial charge in [0.25, 0.3) is 5.91 Å². The molecule has 0 N–H and O–H groups in total. The van der Waals surface area contributed by atoms with E-state index < -0.39 is 0 Å². The number of thioether (sulfide) groups is 1. The minimum Gasteiger partial charge on any atom is -0.302 e. The highest BCUT2D eigenvalue weighted by atomic mass is 35.5. The number of carbonyl (C=O) groups is 1. The van der Waals surface area contributed by atoms with Crippen LogP contribution in [0.2, 0.25) is 5.02 Å². The molecule has 0 saturated heterocycles. The van der Waals surface area contributed by atoms with Gasteiger partial charge in [-0.2, -0.15) is 0 Å². The van der Waals surface area contributed by atoms with Crippen LogP contribution in [-0.2, 0) is 0 Å². The van der Waals surface area contributed by atoms with Crippen LogP contribution in [0.15, 0.2) is 41.3 Å². The minimum atomic E-state index is -0.0175. The van der Waals surface area contributed by atoms with E-state index in [1.807, 2.05) is 48.2 Å². The number of aromatic nitrogens is 1. The lowest BCUT2D eigenvalue weighted by Crippen LogP contribution is -2.38. The highest BCUT2D eigenvalue weighted by Gasteiger charge is 2.22. The summed E-state index contributed by atoms with van der Waals surface area (Å²) in [6, 6.07) is 11.8. The van der Waals surface area contributed by atoms with Crippen LogP contribution in [-0.4, -0.2) is 47.2 Å². The van der Waals surface area contributed by atoms with E-state index in [9.17, 15) is 4.79 Å². The lowest BCUT2D eigenvalue weighted by Gasteiger charge is -2.24. The maximum atomic E-state index is 13.5. The fraction of sp³-hybridized carbons (Fsp3) is 0.417. The molecule has 0 fully saturated rings. The summed E-state index contributed by atoms with van der Waals surface area (Å²) in [4.78, 5) is 23.7. The number of benzene rings is 2. The third-order valence-electron chi connectivity index (χ3n) is 5.12. The number of halogens is 1. The molecular formula is C24H30ClN3OS2. The first kappa shape index (κ1) is 24.1. The van der Waals surface area contributed by atoms with Crippen molar-refractivity contribution < 1.29 is 4.79 Å². The Balaban J connectivity index is 1.94. The molecule has 0 unspecified atom stereocenters. The number of aryl methyl sites for hydroxylation is 1. The molecule has 0 spiro atoms. The van der Waals surface area contributed by atoms with Crippen molar-refractivity contribution in [3.63, 3.8) is 0 Å². The molecule has 3 aromatic rings. The smallest absolute Gasteiger partial charge is 0.260 e. The Labute approximate surface area is 198 Å². The van der Waals surface area contributed by atoms with Crippen molar-refractivity contribution in [3.05, 3.63) is 52.5 Å². The van der Waals surface area contributed by atoms with Crippen LogP contribution in [0.25, 0.3) is 10.2 Å². The first-order chi connectivity index (χ1) is 14.8. The molecular weight excluding hydrogens is 446 g/mol. The number of hydrogen-bond acceptors (Lipinski definition) is 5. The van der Waals surface area contributed by atoms with E-state index in [-0.39, 0.29) is 5.91 Å². The number of anilines is 1. The molecule has 2 aromatic carbocycles. The summed E-state index contributed by atoms with van der Waals surface area (Å²) in [5, 5.41) is 1.92. The van der Waals surface area contributed by atoms with E-state index in [1.165, 1.54) is 16.2 Å². The second kappa shape index (κ2) is 10.8. The molecule has 0 atom stereocenters. The van der Waals surface area contributed by atoms with Gasteiger partial charge in [0.05, 0.1) is 10.2 Å². The maximum Gasteiger partial charge on any atom is 0.260 e. The van der Waals surface area contributed by atoms with Gasteiger partial charge in [-0.25, -0.2) is 4.98 Å². The van der Waals surface area contributed by atoms with Gasteiger partial charge in [-0.1, -0.05) is 50.6 Å². The lowest BCUT2D eigenvalue weighted by molar-refractivity contribution is 0.0983. The van der Waals surface area contributed by atoms with E-state index in [0.29, 0.717) is 22.4 Å². The molecule has 31 heavy (non-hydrogen) atoms. The molecule has 0 radical (unpaired) electrons. The van der Waals surface area contributed by atoms with Gasteiger partial charge < -0.3 is 4.90 Å². The molecule has 1 aromatic heterocycles. The zero-order valence-electron chi connectivity index (χ0n) is 18.8. The number of thiazole rings is 1. The monoisotopic (exact) mass is 475 g/mol. The van der Waals surface area contributed by atoms with Gasteiger partial charge in [0, 0.05) is 33.8 Å². The first-order valence-electron chi connectivity index (χ1n) is 10.7. The third-order valence-corrected chi connectivity index (χ3v) is 7.38. The maximum absolute atomic E-state index is 13.5. The van der Waals surface area contributed by atoms with Gasteiger partial charge in [-0.3, -0.25) is 9.69 Å². The number of likely N-dealkylation sites (N-methyl/N-ethyl adjacent to an activating group) is 1. The molecule has 3 rings (SSSR count). The van der Waals surface area contributed by atoms with Gasteiger partial charge in [0.2, 0.25) is 0 Å². The molecule has 4 nitrogen and oxygen atoms in total. The Kier molecular flexibility index (Phi) is 8.39. The average molecular weight is 476 g/mol. The zero-order chi connectivity index (χ0) is 22.5. The Morgan fingerprint density at radius 2 is 1.81 bits per heavy atom. The van der Waals surface area contributed by atoms with Crippen molar-refractivity contribution in [1.82, 2.24) is 9.88 Å². The van der Waals surface area contributed by atoms with Crippen molar-refractivity contribution in [2.75, 3.05) is 31.1 Å². The number of rotatable bonds is 9. The number of carbonyl (C=O) groups excluding carboxylic acids is 1. The van der Waals surface area contributed by atoms with E-state index in [4.69, 9.17) is 16.6 Å². The molecule has 0 aliphatic carbocycles. The minimum absolute atomic E-state index is 0.0175. The second-order valence-electron chi connectivity index (χ2n) is 7.74. The highest BCUT2D eigenvalue weighted by molar-refractivity contribution is 7.99. The van der Waals surface area contributed by atoms with E-state index >= 15 is 0 Å². The van der Waals surface area contributed by atoms with Crippen LogP contribution in [0.4, 0.5) is 5.13 Å². The largest absolute Gasteiger partial charge is 0.302 e. The molecule has 166 valence electrons. The topological polar surface area (TPSA) is 36.4 Å². The number of amides is 1. The summed E-state index contributed by atoms with van der Waals surface area (Å²) in [7, 11) is 0. The van der Waals surface area contributed by atoms with Gasteiger partial charge in [0.1, 0.15) is 0 Å². The summed E-state index contributed by atoms with van der Waals surface area (Å²) in [6.07, 6.45) is 0. The molecule has 0 saturated carbocycles. The quantitative estimate of drug-likeness (QED) is 0.321. The third kappa shape index (κ3) is 6.01. The molecule has 1 amide bonds. The second-order valence-corrected chi connectivity index (χ2v) is 10.8. The van der Waals surface area contributed by atoms with Gasteiger partial charge >= 0.3 is 0 Å². The Morgan fingerprint density at radius 3 is 2.42 bits per heavy atom. The SMILES string of the molecule is CCN(CC)CCN(C(=O)c1ccc(SC(C)C)cc1)c1nc2c(C)cc(Cl)cc2s1. The molecule has 1 heterocycles. The lowest BCUT2D eigenvalue weighted by atomic mass is 10.2. The van der Waals surface area contributed by atoms with E-state index in [0.717, 1.165) is 40.5 Å². The summed E-state index contributed by atoms with van der Waals surface area (Å²) in [5.41, 5.74) is 2.62. The predicted octanol–water partition coefficient (Wildman–Crippen LogP) is 6.75. The summed E-state index contributed by atoms with van der Waals surface area (Å²) in [6.45, 7) is 13.9. The highest BCUT2D eigenvalue weighted by Crippen LogP contribution is 2.34. The van der Waals surface area contributed by atoms with Crippen LogP contribution >= 0.6 is 34.7 Å². The standard InChI is InChI=1S/C24H30ClN3OS2/c1-6-27(7-2)12-13-28(23(29)18-8-10-20(11-9-18)30-16(3)4)24-26-22-17(5)14-19(25)15-21(22)31-24/h8-11,14-16H,6-7,12-13H2,1-5H3. The van der Waals surface area contributed by atoms with Crippen LogP contribution in [0.1, 0.15) is 43.6 Å². The van der Waals surface area contributed by atoms with Crippen molar-refractivity contribution in [2.45, 2.75) is 44.8 Å². The Morgan fingerprint density at radius 1 is 1.13 bits per heavy atom. The van der Waals surface area contributed by atoms with Crippen molar-refractivity contribution >= 4 is 56.0 Å². The van der Waals surface area contributed by atoms with Crippen LogP contribution in [0.5, 0.6) is 0 Å². The van der Waals surface area contributed by atoms with Crippen molar-refractivity contribution in [2.24, 2.45) is 0 Å². The number of nitrogens with zero attached hydrogens (tertiary/aromatic N) is 3. The Bertz CT molecular complexity index is 1030. The number of hydrogen-bond donors (Lipinski definition) is 0. The summed E-state index contributed by atoms with van der Waals surface area (Å²) >= 11 is 9.57. The van der Waals surface area contributed by atoms with Crippen LogP contribution in [0, 0.1) is 6.92 Å². The van der Waals surface area contributed by atoms with Crippen molar-refractivity contribution in [3.8, 4) is 0 Å².